The SMILES string of the molecule is COc1ccc(-c2ccc3ccccn23)cc1. The standard InChI is InChI=1S/C15H13NO/c1-17-14-8-5-12(6-9-14)15-10-7-13-4-2-3-11-16(13)15/h2-11H,1H3. The summed E-state index contributed by atoms with van der Waals surface area (Å²) in [5.41, 5.74) is 3.60. The van der Waals surface area contributed by atoms with E-state index in [1.54, 1.807) is 7.11 Å². The summed E-state index contributed by atoms with van der Waals surface area (Å²) in [5, 5.41) is 0. The van der Waals surface area contributed by atoms with Gasteiger partial charge in [-0.05, 0) is 54.1 Å². The zero-order valence-electron chi connectivity index (χ0n) is 9.63. The largest absolute Gasteiger partial charge is 0.497 e. The number of pyridine rings is 1. The third-order valence-corrected chi connectivity index (χ3v) is 2.95. The number of hydrogen-bond acceptors (Lipinski definition) is 1. The second-order valence-electron chi connectivity index (χ2n) is 3.94. The molecule has 84 valence electrons. The summed E-state index contributed by atoms with van der Waals surface area (Å²) in [6.45, 7) is 0. The van der Waals surface area contributed by atoms with Crippen LogP contribution in [0.25, 0.3) is 16.8 Å². The van der Waals surface area contributed by atoms with E-state index in [9.17, 15) is 0 Å². The molecular weight excluding hydrogens is 210 g/mol. The lowest BCUT2D eigenvalue weighted by Gasteiger charge is -2.04. The molecule has 2 nitrogen and oxygen atoms in total. The molecule has 0 N–H and O–H groups in total. The molecule has 0 atom stereocenters. The van der Waals surface area contributed by atoms with Gasteiger partial charge in [0.2, 0.25) is 0 Å². The van der Waals surface area contributed by atoms with Gasteiger partial charge in [-0.3, -0.25) is 0 Å². The van der Waals surface area contributed by atoms with Crippen molar-refractivity contribution in [2.75, 3.05) is 7.11 Å². The van der Waals surface area contributed by atoms with Crippen LogP contribution in [0.4, 0.5) is 0 Å². The molecular formula is C15H13NO. The van der Waals surface area contributed by atoms with Gasteiger partial charge in [0, 0.05) is 11.7 Å². The summed E-state index contributed by atoms with van der Waals surface area (Å²) in [7, 11) is 1.68. The highest BCUT2D eigenvalue weighted by molar-refractivity contribution is 5.67. The Balaban J connectivity index is 2.13. The number of aromatic nitrogens is 1. The molecule has 17 heavy (non-hydrogen) atoms. The topological polar surface area (TPSA) is 13.6 Å². The lowest BCUT2D eigenvalue weighted by Crippen LogP contribution is -1.87. The number of nitrogens with zero attached hydrogens (tertiary/aromatic N) is 1. The fourth-order valence-electron chi connectivity index (χ4n) is 2.05. The minimum absolute atomic E-state index is 0.884. The van der Waals surface area contributed by atoms with Crippen molar-refractivity contribution in [3.8, 4) is 17.0 Å². The van der Waals surface area contributed by atoms with E-state index >= 15 is 0 Å². The van der Waals surface area contributed by atoms with E-state index in [1.807, 2.05) is 24.3 Å². The Morgan fingerprint density at radius 1 is 0.882 bits per heavy atom. The Bertz CT molecular complexity index is 637. The smallest absolute Gasteiger partial charge is 0.118 e. The quantitative estimate of drug-likeness (QED) is 0.647. The van der Waals surface area contributed by atoms with Gasteiger partial charge in [0.1, 0.15) is 5.75 Å². The molecule has 0 aliphatic carbocycles. The molecule has 0 unspecified atom stereocenters. The number of methoxy groups -OCH3 is 1. The zero-order valence-corrected chi connectivity index (χ0v) is 9.63. The van der Waals surface area contributed by atoms with Gasteiger partial charge in [-0.15, -0.1) is 0 Å². The maximum absolute atomic E-state index is 5.17. The minimum Gasteiger partial charge on any atom is -0.497 e. The average molecular weight is 223 g/mol. The van der Waals surface area contributed by atoms with Crippen molar-refractivity contribution < 1.29 is 4.74 Å². The van der Waals surface area contributed by atoms with Gasteiger partial charge in [-0.25, -0.2) is 0 Å². The number of ether oxygens (including phenoxy) is 1. The number of rotatable bonds is 2. The van der Waals surface area contributed by atoms with Crippen LogP contribution in [0, 0.1) is 0 Å². The van der Waals surface area contributed by atoms with Crippen molar-refractivity contribution in [3.63, 3.8) is 0 Å². The van der Waals surface area contributed by atoms with Crippen molar-refractivity contribution in [2.24, 2.45) is 0 Å². The van der Waals surface area contributed by atoms with Gasteiger partial charge in [-0.1, -0.05) is 6.07 Å². The third-order valence-electron chi connectivity index (χ3n) is 2.95. The Hall–Kier alpha value is -2.22. The number of benzene rings is 1. The lowest BCUT2D eigenvalue weighted by atomic mass is 10.1. The molecule has 0 fully saturated rings. The molecule has 3 rings (SSSR count). The molecule has 0 aliphatic rings. The Morgan fingerprint density at radius 2 is 1.71 bits per heavy atom. The molecule has 0 spiro atoms. The van der Waals surface area contributed by atoms with Crippen LogP contribution < -0.4 is 4.74 Å². The first-order valence-corrected chi connectivity index (χ1v) is 5.59. The highest BCUT2D eigenvalue weighted by Gasteiger charge is 2.03. The van der Waals surface area contributed by atoms with Gasteiger partial charge in [0.25, 0.3) is 0 Å². The van der Waals surface area contributed by atoms with Gasteiger partial charge in [0.05, 0.1) is 12.8 Å². The molecule has 2 aromatic heterocycles. The van der Waals surface area contributed by atoms with Gasteiger partial charge >= 0.3 is 0 Å². The van der Waals surface area contributed by atoms with Crippen LogP contribution in [0.1, 0.15) is 0 Å². The predicted molar refractivity (Wildman–Crippen MR) is 69.4 cm³/mol. The molecule has 1 aromatic carbocycles. The minimum atomic E-state index is 0.884. The molecule has 0 saturated carbocycles. The molecule has 3 aromatic rings. The monoisotopic (exact) mass is 223 g/mol. The summed E-state index contributed by atoms with van der Waals surface area (Å²) in [5.74, 6) is 0.884. The maximum Gasteiger partial charge on any atom is 0.118 e. The molecule has 2 heterocycles. The van der Waals surface area contributed by atoms with Crippen molar-refractivity contribution in [1.82, 2.24) is 4.40 Å². The molecule has 2 heteroatoms. The lowest BCUT2D eigenvalue weighted by molar-refractivity contribution is 0.415. The molecule has 0 amide bonds. The summed E-state index contributed by atoms with van der Waals surface area (Å²) in [4.78, 5) is 0. The maximum atomic E-state index is 5.17. The van der Waals surface area contributed by atoms with Crippen LogP contribution in [0.5, 0.6) is 5.75 Å². The van der Waals surface area contributed by atoms with Crippen LogP contribution >= 0.6 is 0 Å². The van der Waals surface area contributed by atoms with Crippen molar-refractivity contribution >= 4 is 5.52 Å². The highest BCUT2D eigenvalue weighted by Crippen LogP contribution is 2.24. The number of fused-ring (bicyclic) bond motifs is 1. The van der Waals surface area contributed by atoms with Crippen molar-refractivity contribution in [1.29, 1.82) is 0 Å². The fourth-order valence-corrected chi connectivity index (χ4v) is 2.05. The van der Waals surface area contributed by atoms with Crippen molar-refractivity contribution in [3.05, 3.63) is 60.8 Å². The van der Waals surface area contributed by atoms with Gasteiger partial charge in [-0.2, -0.15) is 0 Å². The van der Waals surface area contributed by atoms with Crippen LogP contribution in [-0.2, 0) is 0 Å². The first-order valence-electron chi connectivity index (χ1n) is 5.59. The van der Waals surface area contributed by atoms with E-state index in [0.717, 1.165) is 5.75 Å². The predicted octanol–water partition coefficient (Wildman–Crippen LogP) is 3.61. The Morgan fingerprint density at radius 3 is 2.47 bits per heavy atom. The first kappa shape index (κ1) is 9.97. The van der Waals surface area contributed by atoms with E-state index in [-0.39, 0.29) is 0 Å². The second kappa shape index (κ2) is 3.98. The van der Waals surface area contributed by atoms with Crippen LogP contribution in [0.3, 0.4) is 0 Å². The van der Waals surface area contributed by atoms with Crippen LogP contribution in [0.15, 0.2) is 60.8 Å². The van der Waals surface area contributed by atoms with E-state index in [1.165, 1.54) is 16.8 Å². The summed E-state index contributed by atoms with van der Waals surface area (Å²) in [6.07, 6.45) is 2.08. The number of hydrogen-bond donors (Lipinski definition) is 0. The highest BCUT2D eigenvalue weighted by atomic mass is 16.5. The summed E-state index contributed by atoms with van der Waals surface area (Å²) >= 11 is 0. The first-order chi connectivity index (χ1) is 8.38. The molecule has 0 saturated heterocycles. The van der Waals surface area contributed by atoms with E-state index < -0.39 is 0 Å². The summed E-state index contributed by atoms with van der Waals surface area (Å²) in [6, 6.07) is 18.6. The molecule has 0 radical (unpaired) electrons. The summed E-state index contributed by atoms with van der Waals surface area (Å²) < 4.78 is 7.35. The molecule has 0 bridgehead atoms. The van der Waals surface area contributed by atoms with E-state index in [0.29, 0.717) is 0 Å². The average Bonchev–Trinajstić information content (AvgIpc) is 2.83. The van der Waals surface area contributed by atoms with Gasteiger partial charge in [0.15, 0.2) is 0 Å². The van der Waals surface area contributed by atoms with Crippen molar-refractivity contribution in [2.45, 2.75) is 0 Å². The zero-order chi connectivity index (χ0) is 11.7. The van der Waals surface area contributed by atoms with Crippen LogP contribution in [0.2, 0.25) is 0 Å². The Kier molecular flexibility index (Phi) is 2.33. The third kappa shape index (κ3) is 1.68. The fraction of sp³-hybridized carbons (Fsp3) is 0.0667. The van der Waals surface area contributed by atoms with Gasteiger partial charge < -0.3 is 9.14 Å². The normalized spacial score (nSPS) is 10.6. The molecule has 0 aliphatic heterocycles. The van der Waals surface area contributed by atoms with E-state index in [2.05, 4.69) is 40.9 Å². The Labute approximate surface area is 100 Å². The van der Waals surface area contributed by atoms with Crippen LogP contribution in [-0.4, -0.2) is 11.5 Å². The van der Waals surface area contributed by atoms with E-state index in [4.69, 9.17) is 4.74 Å². The second-order valence-corrected chi connectivity index (χ2v) is 3.94.